The number of hydrogen-bond acceptors (Lipinski definition) is 7. The molecule has 0 N–H and O–H groups in total. The van der Waals surface area contributed by atoms with Gasteiger partial charge in [-0.1, -0.05) is 132 Å². The smallest absolute Gasteiger partial charge is 0.427 e. The second-order valence-electron chi connectivity index (χ2n) is 24.9. The molecule has 4 rings (SSSR count). The Labute approximate surface area is 525 Å². The maximum atomic E-state index is 13.7. The van der Waals surface area contributed by atoms with Gasteiger partial charge in [-0.3, -0.25) is 0 Å². The van der Waals surface area contributed by atoms with Gasteiger partial charge in [-0.2, -0.15) is 111 Å². The van der Waals surface area contributed by atoms with E-state index in [1.54, 1.807) is 19.1 Å². The van der Waals surface area contributed by atoms with Crippen LogP contribution >= 0.6 is 0 Å². The minimum Gasteiger partial charge on any atom is -0.496 e. The second kappa shape index (κ2) is 29.8. The highest BCUT2D eigenvalue weighted by Crippen LogP contribution is 2.60. The van der Waals surface area contributed by atoms with Gasteiger partial charge in [0.1, 0.15) is 23.1 Å². The molecule has 0 heterocycles. The molecule has 0 radical (unpaired) electrons. The zero-order valence-corrected chi connectivity index (χ0v) is 53.0. The molecule has 0 spiro atoms. The van der Waals surface area contributed by atoms with Crippen molar-refractivity contribution < 1.29 is 143 Å². The largest absolute Gasteiger partial charge is 0.496 e. The van der Waals surface area contributed by atoms with Gasteiger partial charge >= 0.3 is 49.4 Å². The molecular formula is C61H69F26NO6. The van der Waals surface area contributed by atoms with Crippen LogP contribution < -0.4 is 9.47 Å². The van der Waals surface area contributed by atoms with Crippen molar-refractivity contribution in [2.45, 2.75) is 195 Å². The van der Waals surface area contributed by atoms with Crippen LogP contribution in [0, 0.1) is 51.5 Å². The molecule has 4 aromatic rings. The topological polar surface area (TPSA) is 79.2 Å². The number of ether oxygens (including phenoxy) is 6. The molecule has 0 saturated carbocycles. The van der Waals surface area contributed by atoms with Crippen molar-refractivity contribution in [2.75, 3.05) is 14.2 Å². The predicted octanol–water partition coefficient (Wildman–Crippen LogP) is 21.5. The van der Waals surface area contributed by atoms with Crippen molar-refractivity contribution in [1.29, 1.82) is 5.26 Å². The van der Waals surface area contributed by atoms with Crippen LogP contribution in [-0.4, -0.2) is 86.0 Å². The van der Waals surface area contributed by atoms with Gasteiger partial charge in [0.25, 0.3) is 22.4 Å². The molecular weight excluding hydrogens is 1340 g/mol. The van der Waals surface area contributed by atoms with Crippen LogP contribution in [-0.2, 0) is 38.8 Å². The molecule has 4 aromatic carbocycles. The Morgan fingerprint density at radius 3 is 1.07 bits per heavy atom. The lowest BCUT2D eigenvalue weighted by Crippen LogP contribution is -2.66. The van der Waals surface area contributed by atoms with Crippen LogP contribution in [0.2, 0.25) is 0 Å². The molecule has 1 unspecified atom stereocenters. The lowest BCUT2D eigenvalue weighted by Gasteiger charge is -2.47. The highest BCUT2D eigenvalue weighted by atomic mass is 19.4. The van der Waals surface area contributed by atoms with Crippen LogP contribution in [0.3, 0.4) is 0 Å². The van der Waals surface area contributed by atoms with Gasteiger partial charge in [-0.25, -0.2) is 8.78 Å². The van der Waals surface area contributed by atoms with Crippen molar-refractivity contribution >= 4 is 0 Å². The van der Waals surface area contributed by atoms with E-state index < -0.39 is 142 Å². The number of alkyl halides is 24. The zero-order valence-electron chi connectivity index (χ0n) is 53.0. The van der Waals surface area contributed by atoms with E-state index in [-0.39, 0.29) is 28.2 Å². The standard InChI is InChI=1S/C16H20F6O2.C15H14F7NO.C15H17F7O2.C15H18F6O/c1-10-6-7-11(12(8-10)23-5)9-24-14(13(2,3)4,15(17,18)19)16(20,21)22;1-12(2,3)13(14(17,18)19,15(20,21)22)24-8-10-9(7-23)5-4-6-11(10)16;1-12(2,3)13(14(17,18)19,15(20,21)22)24-8-9-7-10(16)5-6-11(9)23-4;1-10(11-8-6-5-7-9-11)22-13(12(2,3)4,14(16,17)18)15(19,20)21/h6-8H,9H2,1-5H3;4-6H,8H2,1-3H3;5-7H,8H2,1-4H3;5-10H,1-4H3. The van der Waals surface area contributed by atoms with Crippen molar-refractivity contribution in [2.24, 2.45) is 21.7 Å². The average molecular weight is 1410 g/mol. The Kier molecular flexibility index (Phi) is 27.2. The van der Waals surface area contributed by atoms with E-state index in [1.165, 1.54) is 56.5 Å². The normalized spacial score (nSPS) is 14.3. The van der Waals surface area contributed by atoms with E-state index >= 15 is 0 Å². The third-order valence-corrected chi connectivity index (χ3v) is 14.3. The van der Waals surface area contributed by atoms with Crippen molar-refractivity contribution in [3.8, 4) is 17.6 Å². The van der Waals surface area contributed by atoms with Gasteiger partial charge in [0.15, 0.2) is 0 Å². The summed E-state index contributed by atoms with van der Waals surface area (Å²) >= 11 is 0. The molecule has 0 fully saturated rings. The Morgan fingerprint density at radius 1 is 0.394 bits per heavy atom. The molecule has 0 aliphatic rings. The molecule has 94 heavy (non-hydrogen) atoms. The van der Waals surface area contributed by atoms with Crippen LogP contribution in [0.25, 0.3) is 0 Å². The van der Waals surface area contributed by atoms with E-state index in [0.29, 0.717) is 0 Å². The van der Waals surface area contributed by atoms with Crippen LogP contribution in [0.4, 0.5) is 114 Å². The molecule has 1 atom stereocenters. The number of nitrogens with zero attached hydrogens (tertiary/aromatic N) is 1. The third kappa shape index (κ3) is 18.5. The maximum absolute atomic E-state index is 13.7. The van der Waals surface area contributed by atoms with Crippen molar-refractivity contribution in [1.82, 2.24) is 0 Å². The minimum atomic E-state index is -5.80. The second-order valence-corrected chi connectivity index (χ2v) is 24.9. The van der Waals surface area contributed by atoms with Crippen LogP contribution in [0.15, 0.2) is 84.9 Å². The van der Waals surface area contributed by atoms with E-state index in [9.17, 15) is 114 Å². The molecule has 0 aromatic heterocycles. The number of aryl methyl sites for hydroxylation is 1. The summed E-state index contributed by atoms with van der Waals surface area (Å²) in [6.07, 6.45) is -46.9. The number of hydrogen-bond donors (Lipinski definition) is 0. The highest BCUT2D eigenvalue weighted by Gasteiger charge is 2.81. The van der Waals surface area contributed by atoms with E-state index in [0.717, 1.165) is 132 Å². The lowest BCUT2D eigenvalue weighted by atomic mass is 9.74. The summed E-state index contributed by atoms with van der Waals surface area (Å²) in [6.45, 7) is 9.16. The fourth-order valence-corrected chi connectivity index (χ4v) is 9.75. The third-order valence-electron chi connectivity index (χ3n) is 14.3. The summed E-state index contributed by atoms with van der Waals surface area (Å²) < 4.78 is 376. The predicted molar refractivity (Wildman–Crippen MR) is 289 cm³/mol. The fraction of sp³-hybridized carbons (Fsp3) is 0.590. The molecule has 7 nitrogen and oxygen atoms in total. The van der Waals surface area contributed by atoms with Crippen LogP contribution in [0.5, 0.6) is 11.5 Å². The van der Waals surface area contributed by atoms with Gasteiger partial charge in [0, 0.05) is 38.4 Å². The summed E-state index contributed by atoms with van der Waals surface area (Å²) in [6, 6.07) is 19.3. The maximum Gasteiger partial charge on any atom is 0.427 e. The Bertz CT molecular complexity index is 2940. The summed E-state index contributed by atoms with van der Waals surface area (Å²) in [5.41, 5.74) is -27.0. The quantitative estimate of drug-likeness (QED) is 0.116. The highest BCUT2D eigenvalue weighted by molar-refractivity contribution is 5.39. The molecule has 0 bridgehead atoms. The fourth-order valence-electron chi connectivity index (χ4n) is 9.75. The number of rotatable bonds is 14. The van der Waals surface area contributed by atoms with Gasteiger partial charge < -0.3 is 28.4 Å². The first-order valence-electron chi connectivity index (χ1n) is 27.1. The Balaban J connectivity index is 0.000000627. The zero-order chi connectivity index (χ0) is 74.3. The SMILES string of the molecule is CC(C)(C)C(OCc1c(F)cccc1C#N)(C(F)(F)F)C(F)(F)F.CC(OC(C(C)(C)C)(C(F)(F)F)C(F)(F)F)c1ccccc1.COc1cc(C)ccc1COC(C(C)(C)C)(C(F)(F)F)C(F)(F)F.COc1ccc(F)cc1COC(C(C)(C)C)(C(F)(F)F)C(F)(F)F. The van der Waals surface area contributed by atoms with E-state index in [2.05, 4.69) is 18.9 Å². The monoisotopic (exact) mass is 1410 g/mol. The Hall–Kier alpha value is -6.01. The summed E-state index contributed by atoms with van der Waals surface area (Å²) in [4.78, 5) is 0. The van der Waals surface area contributed by atoms with E-state index in [1.807, 2.05) is 0 Å². The van der Waals surface area contributed by atoms with Gasteiger partial charge in [-0.15, -0.1) is 0 Å². The molecule has 0 saturated heterocycles. The number of methoxy groups -OCH3 is 2. The summed E-state index contributed by atoms with van der Waals surface area (Å²) in [5, 5.41) is 8.84. The minimum absolute atomic E-state index is 0.0800. The molecule has 0 aliphatic heterocycles. The molecule has 33 heteroatoms. The van der Waals surface area contributed by atoms with Gasteiger partial charge in [0.2, 0.25) is 0 Å². The average Bonchev–Trinajstić information content (AvgIpc) is 0.752. The Morgan fingerprint density at radius 2 is 0.745 bits per heavy atom. The first-order chi connectivity index (χ1) is 41.8. The van der Waals surface area contributed by atoms with Crippen molar-refractivity contribution in [3.63, 3.8) is 0 Å². The van der Waals surface area contributed by atoms with E-state index in [4.69, 9.17) is 14.7 Å². The van der Waals surface area contributed by atoms with Crippen LogP contribution in [0.1, 0.15) is 129 Å². The van der Waals surface area contributed by atoms with Crippen molar-refractivity contribution in [3.05, 3.63) is 130 Å². The number of nitriles is 1. The molecule has 0 aliphatic carbocycles. The van der Waals surface area contributed by atoms with Gasteiger partial charge in [0.05, 0.1) is 51.8 Å². The first kappa shape index (κ1) is 86.0. The summed E-state index contributed by atoms with van der Waals surface area (Å²) in [5.74, 6) is -1.87. The summed E-state index contributed by atoms with van der Waals surface area (Å²) in [7, 11) is 2.43. The van der Waals surface area contributed by atoms with Gasteiger partial charge in [-0.05, 0) is 61.4 Å². The first-order valence-corrected chi connectivity index (χ1v) is 27.1. The number of halogens is 26. The number of benzene rings is 4. The molecule has 0 amide bonds. The lowest BCUT2D eigenvalue weighted by molar-refractivity contribution is -0.419. The molecule has 536 valence electrons.